The first-order valence-corrected chi connectivity index (χ1v) is 4.59. The molecule has 0 bridgehead atoms. The van der Waals surface area contributed by atoms with Gasteiger partial charge in [0.2, 0.25) is 0 Å². The second-order valence-corrected chi connectivity index (χ2v) is 3.17. The molecule has 1 aliphatic rings. The summed E-state index contributed by atoms with van der Waals surface area (Å²) in [5.41, 5.74) is 1.99. The molecule has 1 aromatic carbocycles. The van der Waals surface area contributed by atoms with Crippen LogP contribution < -0.4 is 10.00 Å². The van der Waals surface area contributed by atoms with Crippen LogP contribution in [0.3, 0.4) is 0 Å². The Morgan fingerprint density at radius 3 is 3.07 bits per heavy atom. The van der Waals surface area contributed by atoms with Crippen molar-refractivity contribution in [3.05, 3.63) is 24.3 Å². The molecule has 5 heteroatoms. The number of rotatable bonds is 0. The molecule has 0 saturated carbocycles. The Hall–Kier alpha value is -1.91. The van der Waals surface area contributed by atoms with Crippen LogP contribution in [0.25, 0.3) is 11.0 Å². The number of para-hydroxylation sites is 2. The van der Waals surface area contributed by atoms with E-state index in [1.54, 1.807) is 0 Å². The summed E-state index contributed by atoms with van der Waals surface area (Å²) in [6.07, 6.45) is 0. The zero-order chi connectivity index (χ0) is 9.38. The number of fused-ring (bicyclic) bond motifs is 1. The third-order valence-corrected chi connectivity index (χ3v) is 2.26. The van der Waals surface area contributed by atoms with E-state index in [0.29, 0.717) is 0 Å². The average molecular weight is 188 g/mol. The van der Waals surface area contributed by atoms with Crippen LogP contribution in [-0.2, 0) is 0 Å². The number of H-pyrrole nitrogens is 1. The SMILES string of the molecule is c1ccc2c(c1)n[nH][n+]2C1=NCCN1. The molecular formula is C9H10N5+. The molecule has 14 heavy (non-hydrogen) atoms. The molecule has 2 aromatic rings. The van der Waals surface area contributed by atoms with E-state index in [9.17, 15) is 0 Å². The fourth-order valence-electron chi connectivity index (χ4n) is 1.60. The highest BCUT2D eigenvalue weighted by Crippen LogP contribution is 2.03. The van der Waals surface area contributed by atoms with E-state index in [2.05, 4.69) is 20.6 Å². The maximum atomic E-state index is 4.33. The van der Waals surface area contributed by atoms with E-state index >= 15 is 0 Å². The summed E-state index contributed by atoms with van der Waals surface area (Å²) in [7, 11) is 0. The Balaban J connectivity index is 2.21. The van der Waals surface area contributed by atoms with Gasteiger partial charge in [-0.1, -0.05) is 17.2 Å². The molecule has 0 saturated heterocycles. The smallest absolute Gasteiger partial charge is 0.290 e. The summed E-state index contributed by atoms with van der Waals surface area (Å²) in [5, 5.41) is 10.3. The van der Waals surface area contributed by atoms with Crippen LogP contribution in [0.15, 0.2) is 29.3 Å². The van der Waals surface area contributed by atoms with Gasteiger partial charge in [-0.15, -0.1) is 14.9 Å². The molecule has 0 fully saturated rings. The fourth-order valence-corrected chi connectivity index (χ4v) is 1.60. The largest absolute Gasteiger partial charge is 0.364 e. The molecule has 0 unspecified atom stereocenters. The van der Waals surface area contributed by atoms with Gasteiger partial charge in [0.15, 0.2) is 11.0 Å². The third-order valence-electron chi connectivity index (χ3n) is 2.26. The molecule has 0 aliphatic carbocycles. The topological polar surface area (TPSA) is 57.0 Å². The van der Waals surface area contributed by atoms with Gasteiger partial charge in [0.25, 0.3) is 0 Å². The Morgan fingerprint density at radius 1 is 1.29 bits per heavy atom. The minimum atomic E-state index is 0.829. The highest BCUT2D eigenvalue weighted by atomic mass is 15.5. The summed E-state index contributed by atoms with van der Waals surface area (Å²) < 4.78 is 1.86. The van der Waals surface area contributed by atoms with Crippen molar-refractivity contribution in [2.24, 2.45) is 4.99 Å². The van der Waals surface area contributed by atoms with Crippen molar-refractivity contribution >= 4 is 17.0 Å². The van der Waals surface area contributed by atoms with Gasteiger partial charge in [-0.05, 0) is 12.1 Å². The van der Waals surface area contributed by atoms with Crippen molar-refractivity contribution in [1.29, 1.82) is 0 Å². The van der Waals surface area contributed by atoms with Crippen LogP contribution in [0.1, 0.15) is 0 Å². The lowest BCUT2D eigenvalue weighted by molar-refractivity contribution is -0.599. The number of hydrogen-bond acceptors (Lipinski definition) is 3. The van der Waals surface area contributed by atoms with Crippen molar-refractivity contribution in [1.82, 2.24) is 15.6 Å². The van der Waals surface area contributed by atoms with Gasteiger partial charge in [0.05, 0.1) is 6.54 Å². The summed E-state index contributed by atoms with van der Waals surface area (Å²) >= 11 is 0. The molecule has 5 nitrogen and oxygen atoms in total. The van der Waals surface area contributed by atoms with Gasteiger partial charge in [-0.3, -0.25) is 5.32 Å². The lowest BCUT2D eigenvalue weighted by atomic mass is 10.3. The number of nitrogens with zero attached hydrogens (tertiary/aromatic N) is 3. The number of nitrogens with one attached hydrogen (secondary N) is 2. The van der Waals surface area contributed by atoms with E-state index < -0.39 is 0 Å². The van der Waals surface area contributed by atoms with Gasteiger partial charge < -0.3 is 0 Å². The first-order valence-electron chi connectivity index (χ1n) is 4.59. The van der Waals surface area contributed by atoms with Crippen molar-refractivity contribution < 1.29 is 4.68 Å². The number of benzene rings is 1. The number of aromatic amines is 1. The molecule has 70 valence electrons. The Labute approximate surface area is 80.4 Å². The summed E-state index contributed by atoms with van der Waals surface area (Å²) in [6, 6.07) is 7.94. The minimum absolute atomic E-state index is 0.829. The average Bonchev–Trinajstić information content (AvgIpc) is 2.85. The number of aromatic nitrogens is 3. The third kappa shape index (κ3) is 0.985. The molecule has 1 aliphatic heterocycles. The van der Waals surface area contributed by atoms with Crippen LogP contribution in [0, 0.1) is 0 Å². The Kier molecular flexibility index (Phi) is 1.50. The maximum Gasteiger partial charge on any atom is 0.364 e. The second kappa shape index (κ2) is 2.80. The molecule has 2 heterocycles. The van der Waals surface area contributed by atoms with Crippen LogP contribution >= 0.6 is 0 Å². The quantitative estimate of drug-likeness (QED) is 0.556. The van der Waals surface area contributed by atoms with Crippen LogP contribution in [0.2, 0.25) is 0 Å². The van der Waals surface area contributed by atoms with E-state index in [-0.39, 0.29) is 0 Å². The van der Waals surface area contributed by atoms with Gasteiger partial charge >= 0.3 is 5.96 Å². The first kappa shape index (κ1) is 7.49. The zero-order valence-corrected chi connectivity index (χ0v) is 7.57. The molecule has 1 aromatic heterocycles. The number of hydrogen-bond donors (Lipinski definition) is 2. The monoisotopic (exact) mass is 188 g/mol. The molecule has 0 amide bonds. The minimum Gasteiger partial charge on any atom is -0.290 e. The van der Waals surface area contributed by atoms with Gasteiger partial charge in [0, 0.05) is 0 Å². The Morgan fingerprint density at radius 2 is 2.21 bits per heavy atom. The van der Waals surface area contributed by atoms with E-state index in [1.165, 1.54) is 0 Å². The van der Waals surface area contributed by atoms with Crippen molar-refractivity contribution in [3.8, 4) is 0 Å². The highest BCUT2D eigenvalue weighted by Gasteiger charge is 2.18. The zero-order valence-electron chi connectivity index (χ0n) is 7.57. The molecular weight excluding hydrogens is 178 g/mol. The van der Waals surface area contributed by atoms with Gasteiger partial charge in [-0.25, -0.2) is 0 Å². The molecule has 0 atom stereocenters. The first-order chi connectivity index (χ1) is 6.95. The van der Waals surface area contributed by atoms with Crippen LogP contribution in [-0.4, -0.2) is 29.4 Å². The number of aliphatic imine (C=N–C) groups is 1. The summed E-state index contributed by atoms with van der Waals surface area (Å²) in [6.45, 7) is 1.73. The van der Waals surface area contributed by atoms with Crippen molar-refractivity contribution in [3.63, 3.8) is 0 Å². The van der Waals surface area contributed by atoms with E-state index in [1.807, 2.05) is 28.9 Å². The molecule has 0 radical (unpaired) electrons. The van der Waals surface area contributed by atoms with E-state index in [0.717, 1.165) is 30.1 Å². The molecule has 3 rings (SSSR count). The molecule has 0 spiro atoms. The van der Waals surface area contributed by atoms with E-state index in [4.69, 9.17) is 0 Å². The lowest BCUT2D eigenvalue weighted by Crippen LogP contribution is -2.51. The van der Waals surface area contributed by atoms with Crippen LogP contribution in [0.5, 0.6) is 0 Å². The van der Waals surface area contributed by atoms with Crippen LogP contribution in [0.4, 0.5) is 0 Å². The summed E-state index contributed by atoms with van der Waals surface area (Å²) in [4.78, 5) is 4.33. The van der Waals surface area contributed by atoms with Crippen molar-refractivity contribution in [2.45, 2.75) is 0 Å². The van der Waals surface area contributed by atoms with Crippen molar-refractivity contribution in [2.75, 3.05) is 13.1 Å². The summed E-state index contributed by atoms with van der Waals surface area (Å²) in [5.74, 6) is 0.846. The molecule has 2 N–H and O–H groups in total. The standard InChI is InChI=1S/C9H9N5/c1-2-4-8-7(3-1)12-13-14(8)9-10-5-6-11-9/h1-4H,5-6H2,(H,10,11)/p+1. The predicted octanol–water partition coefficient (Wildman–Crippen LogP) is -0.342. The maximum absolute atomic E-state index is 4.33. The predicted molar refractivity (Wildman–Crippen MR) is 52.0 cm³/mol. The van der Waals surface area contributed by atoms with Gasteiger partial charge in [0.1, 0.15) is 6.54 Å². The highest BCUT2D eigenvalue weighted by molar-refractivity contribution is 5.79. The lowest BCUT2D eigenvalue weighted by Gasteiger charge is -1.94. The van der Waals surface area contributed by atoms with Gasteiger partial charge in [-0.2, -0.15) is 0 Å². The second-order valence-electron chi connectivity index (χ2n) is 3.17. The normalized spacial score (nSPS) is 15.6. The Bertz CT molecular complexity index is 499. The fraction of sp³-hybridized carbons (Fsp3) is 0.222.